The molecule has 2 aromatic rings. The molecule has 1 amide bonds. The van der Waals surface area contributed by atoms with E-state index >= 15 is 0 Å². The minimum atomic E-state index is -3.21. The van der Waals surface area contributed by atoms with Crippen LogP contribution < -0.4 is 4.90 Å². The lowest BCUT2D eigenvalue weighted by atomic mass is 9.54. The summed E-state index contributed by atoms with van der Waals surface area (Å²) in [4.78, 5) is 18.0. The SMILES string of the molecule is CCS(=O)(=O)c1ccc(N2CC(C(=O)N3CCC(C4(C5CCCC5)CCCc5c(F)cccc54)CC3)C2)cc1. The van der Waals surface area contributed by atoms with Crippen molar-refractivity contribution in [3.63, 3.8) is 0 Å². The molecule has 3 fully saturated rings. The number of halogens is 1. The lowest BCUT2D eigenvalue weighted by molar-refractivity contribution is -0.138. The lowest BCUT2D eigenvalue weighted by Gasteiger charge is -2.52. The van der Waals surface area contributed by atoms with Crippen LogP contribution in [0.2, 0.25) is 0 Å². The highest BCUT2D eigenvalue weighted by Gasteiger charge is 2.50. The number of benzene rings is 2. The Kier molecular flexibility index (Phi) is 7.23. The number of carbonyl (C=O) groups is 1. The van der Waals surface area contributed by atoms with Gasteiger partial charge in [-0.2, -0.15) is 0 Å². The highest BCUT2D eigenvalue weighted by Crippen LogP contribution is 2.56. The number of fused-ring (bicyclic) bond motifs is 1. The summed E-state index contributed by atoms with van der Waals surface area (Å²) in [7, 11) is -3.21. The van der Waals surface area contributed by atoms with Gasteiger partial charge in [0.15, 0.2) is 9.84 Å². The molecule has 2 aromatic carbocycles. The number of amides is 1. The van der Waals surface area contributed by atoms with E-state index in [0.29, 0.717) is 29.8 Å². The summed E-state index contributed by atoms with van der Waals surface area (Å²) < 4.78 is 39.1. The molecule has 0 N–H and O–H groups in total. The number of rotatable bonds is 6. The fourth-order valence-corrected chi connectivity index (χ4v) is 9.20. The normalized spacial score (nSPS) is 25.0. The summed E-state index contributed by atoms with van der Waals surface area (Å²) in [5, 5.41) is 0. The maximum Gasteiger partial charge on any atom is 0.229 e. The molecule has 2 aliphatic heterocycles. The van der Waals surface area contributed by atoms with Crippen molar-refractivity contribution >= 4 is 21.4 Å². The second-order valence-corrected chi connectivity index (χ2v) is 14.5. The Hall–Kier alpha value is -2.41. The van der Waals surface area contributed by atoms with Gasteiger partial charge in [-0.1, -0.05) is 31.9 Å². The number of carbonyl (C=O) groups excluding carboxylic acids is 1. The van der Waals surface area contributed by atoms with Gasteiger partial charge in [-0.25, -0.2) is 12.8 Å². The van der Waals surface area contributed by atoms with Crippen molar-refractivity contribution in [3.05, 3.63) is 59.4 Å². The van der Waals surface area contributed by atoms with Crippen LogP contribution in [0.15, 0.2) is 47.4 Å². The Balaban J connectivity index is 1.11. The van der Waals surface area contributed by atoms with E-state index in [1.165, 1.54) is 31.2 Å². The van der Waals surface area contributed by atoms with Crippen LogP contribution >= 0.6 is 0 Å². The monoisotopic (exact) mass is 552 g/mol. The lowest BCUT2D eigenvalue weighted by Crippen LogP contribution is -2.57. The van der Waals surface area contributed by atoms with Crippen molar-refractivity contribution in [2.75, 3.05) is 36.8 Å². The third-order valence-electron chi connectivity index (χ3n) is 10.4. The molecule has 0 bridgehead atoms. The van der Waals surface area contributed by atoms with Crippen molar-refractivity contribution in [3.8, 4) is 0 Å². The van der Waals surface area contributed by atoms with E-state index in [9.17, 15) is 17.6 Å². The molecule has 5 nitrogen and oxygen atoms in total. The highest BCUT2D eigenvalue weighted by molar-refractivity contribution is 7.91. The molecule has 210 valence electrons. The van der Waals surface area contributed by atoms with Crippen LogP contribution in [0.3, 0.4) is 0 Å². The first-order chi connectivity index (χ1) is 18.8. The van der Waals surface area contributed by atoms with Gasteiger partial charge in [0.2, 0.25) is 5.91 Å². The maximum absolute atomic E-state index is 14.9. The predicted molar refractivity (Wildman–Crippen MR) is 152 cm³/mol. The van der Waals surface area contributed by atoms with E-state index in [2.05, 4.69) is 15.9 Å². The third-order valence-corrected chi connectivity index (χ3v) is 12.2. The molecule has 1 atom stereocenters. The molecule has 1 saturated carbocycles. The van der Waals surface area contributed by atoms with Crippen molar-refractivity contribution in [1.82, 2.24) is 4.90 Å². The smallest absolute Gasteiger partial charge is 0.229 e. The molecule has 4 aliphatic rings. The van der Waals surface area contributed by atoms with Crippen LogP contribution in [0, 0.1) is 23.6 Å². The van der Waals surface area contributed by atoms with E-state index < -0.39 is 9.84 Å². The van der Waals surface area contributed by atoms with Gasteiger partial charge in [0.25, 0.3) is 0 Å². The topological polar surface area (TPSA) is 57.7 Å². The number of sulfone groups is 1. The molecule has 2 saturated heterocycles. The second kappa shape index (κ2) is 10.5. The molecule has 2 aliphatic carbocycles. The average molecular weight is 553 g/mol. The van der Waals surface area contributed by atoms with Crippen molar-refractivity contribution in [2.45, 2.75) is 75.0 Å². The summed E-state index contributed by atoms with van der Waals surface area (Å²) in [5.74, 6) is 1.44. The van der Waals surface area contributed by atoms with Gasteiger partial charge in [0, 0.05) is 37.3 Å². The zero-order chi connectivity index (χ0) is 27.2. The van der Waals surface area contributed by atoms with Crippen molar-refractivity contribution in [1.29, 1.82) is 0 Å². The molecular formula is C32H41FN2O3S. The molecule has 2 heterocycles. The van der Waals surface area contributed by atoms with Gasteiger partial charge in [0.1, 0.15) is 5.82 Å². The number of likely N-dealkylation sites (tertiary alicyclic amines) is 1. The highest BCUT2D eigenvalue weighted by atomic mass is 32.2. The Morgan fingerprint density at radius 3 is 2.28 bits per heavy atom. The molecule has 0 aromatic heterocycles. The fourth-order valence-electron chi connectivity index (χ4n) is 8.31. The largest absolute Gasteiger partial charge is 0.370 e. The molecule has 39 heavy (non-hydrogen) atoms. The number of anilines is 1. The number of nitrogens with zero attached hydrogens (tertiary/aromatic N) is 2. The molecule has 6 rings (SSSR count). The van der Waals surface area contributed by atoms with Crippen LogP contribution in [0.4, 0.5) is 10.1 Å². The van der Waals surface area contributed by atoms with Gasteiger partial charge >= 0.3 is 0 Å². The first kappa shape index (κ1) is 26.8. The minimum Gasteiger partial charge on any atom is -0.370 e. The van der Waals surface area contributed by atoms with E-state index in [1.807, 2.05) is 18.2 Å². The molecule has 7 heteroatoms. The average Bonchev–Trinajstić information content (AvgIpc) is 3.48. The summed E-state index contributed by atoms with van der Waals surface area (Å²) in [6.45, 7) is 4.60. The van der Waals surface area contributed by atoms with Gasteiger partial charge < -0.3 is 9.80 Å². The summed E-state index contributed by atoms with van der Waals surface area (Å²) in [6.07, 6.45) is 10.1. The van der Waals surface area contributed by atoms with E-state index in [0.717, 1.165) is 56.4 Å². The van der Waals surface area contributed by atoms with Crippen LogP contribution in [0.25, 0.3) is 0 Å². The molecule has 0 spiro atoms. The molecule has 0 radical (unpaired) electrons. The Labute approximate surface area is 232 Å². The third kappa shape index (κ3) is 4.68. The van der Waals surface area contributed by atoms with Crippen molar-refractivity contribution < 1.29 is 17.6 Å². The summed E-state index contributed by atoms with van der Waals surface area (Å²) >= 11 is 0. The Morgan fingerprint density at radius 1 is 0.949 bits per heavy atom. The Morgan fingerprint density at radius 2 is 1.62 bits per heavy atom. The Bertz CT molecular complexity index is 1310. The minimum absolute atomic E-state index is 0.00565. The van der Waals surface area contributed by atoms with Gasteiger partial charge in [-0.15, -0.1) is 0 Å². The maximum atomic E-state index is 14.9. The first-order valence-electron chi connectivity index (χ1n) is 15.0. The fraction of sp³-hybridized carbons (Fsp3) is 0.594. The zero-order valence-corrected chi connectivity index (χ0v) is 23.9. The van der Waals surface area contributed by atoms with Gasteiger partial charge in [-0.05, 0) is 98.2 Å². The van der Waals surface area contributed by atoms with Gasteiger partial charge in [-0.3, -0.25) is 4.79 Å². The predicted octanol–water partition coefficient (Wildman–Crippen LogP) is 5.76. The molecular weight excluding hydrogens is 511 g/mol. The van der Waals surface area contributed by atoms with Crippen molar-refractivity contribution in [2.24, 2.45) is 17.8 Å². The standard InChI is InChI=1S/C32H41FN2O3S/c1-2-39(37,38)27-14-12-26(13-15-27)35-21-23(22-35)31(36)34-19-16-25(17-20-34)32(24-7-3-4-8-24)18-6-9-28-29(32)10-5-11-30(28)33/h5,10-15,23-25H,2-4,6-9,16-22H2,1H3. The van der Waals surface area contributed by atoms with Gasteiger partial charge in [0.05, 0.1) is 16.6 Å². The van der Waals surface area contributed by atoms with Crippen LogP contribution in [-0.4, -0.2) is 51.2 Å². The number of piperidine rings is 1. The van der Waals surface area contributed by atoms with E-state index in [4.69, 9.17) is 0 Å². The van der Waals surface area contributed by atoms with Crippen LogP contribution in [0.5, 0.6) is 0 Å². The first-order valence-corrected chi connectivity index (χ1v) is 16.6. The second-order valence-electron chi connectivity index (χ2n) is 12.2. The number of hydrogen-bond acceptors (Lipinski definition) is 4. The quantitative estimate of drug-likeness (QED) is 0.457. The summed E-state index contributed by atoms with van der Waals surface area (Å²) in [6, 6.07) is 12.8. The number of hydrogen-bond donors (Lipinski definition) is 0. The molecule has 1 unspecified atom stereocenters. The van der Waals surface area contributed by atoms with E-state index in [-0.39, 0.29) is 28.8 Å². The van der Waals surface area contributed by atoms with E-state index in [1.54, 1.807) is 25.1 Å². The zero-order valence-electron chi connectivity index (χ0n) is 23.1. The summed E-state index contributed by atoms with van der Waals surface area (Å²) in [5.41, 5.74) is 3.28. The van der Waals surface area contributed by atoms with Crippen LogP contribution in [0.1, 0.15) is 69.4 Å². The van der Waals surface area contributed by atoms with Crippen LogP contribution in [-0.2, 0) is 26.5 Å².